The zero-order chi connectivity index (χ0) is 33.0. The smallest absolute Gasteiger partial charge is 0.380 e. The highest BCUT2D eigenvalue weighted by molar-refractivity contribution is 6.16. The highest BCUT2D eigenvalue weighted by atomic mass is 19.4. The van der Waals surface area contributed by atoms with Gasteiger partial charge in [0.2, 0.25) is 5.91 Å². The van der Waals surface area contributed by atoms with Crippen LogP contribution in [0.15, 0.2) is 35.3 Å². The number of ether oxygens (including phenoxy) is 1. The lowest BCUT2D eigenvalue weighted by Crippen LogP contribution is -2.49. The summed E-state index contributed by atoms with van der Waals surface area (Å²) in [5, 5.41) is 2.82. The lowest BCUT2D eigenvalue weighted by atomic mass is 9.87. The number of nitrogens with two attached hydrogens (primary N) is 1. The molecule has 0 unspecified atom stereocenters. The van der Waals surface area contributed by atoms with Crippen molar-refractivity contribution in [2.75, 3.05) is 25.1 Å². The van der Waals surface area contributed by atoms with Crippen LogP contribution in [0.1, 0.15) is 71.1 Å². The minimum atomic E-state index is -4.57. The van der Waals surface area contributed by atoms with E-state index in [1.54, 1.807) is 13.0 Å². The Morgan fingerprint density at radius 2 is 1.85 bits per heavy atom. The van der Waals surface area contributed by atoms with E-state index in [0.29, 0.717) is 65.4 Å². The number of carbonyl (C=O) groups is 2. The predicted molar refractivity (Wildman–Crippen MR) is 163 cm³/mol. The summed E-state index contributed by atoms with van der Waals surface area (Å²) in [6.45, 7) is 4.45. The fourth-order valence-corrected chi connectivity index (χ4v) is 6.55. The highest BCUT2D eigenvalue weighted by Gasteiger charge is 2.47. The molecule has 0 atom stereocenters. The van der Waals surface area contributed by atoms with Crippen molar-refractivity contribution in [1.82, 2.24) is 15.3 Å². The lowest BCUT2D eigenvalue weighted by Gasteiger charge is -2.38. The van der Waals surface area contributed by atoms with E-state index in [0.717, 1.165) is 30.0 Å². The third-order valence-corrected chi connectivity index (χ3v) is 8.90. The number of piperidine rings is 1. The topological polar surface area (TPSA) is 123 Å². The van der Waals surface area contributed by atoms with E-state index in [4.69, 9.17) is 15.5 Å². The molecule has 6 rings (SSSR count). The minimum absolute atomic E-state index is 0.00107. The normalized spacial score (nSPS) is 17.8. The van der Waals surface area contributed by atoms with Crippen molar-refractivity contribution in [3.63, 3.8) is 0 Å². The van der Waals surface area contributed by atoms with E-state index in [2.05, 4.69) is 15.3 Å². The van der Waals surface area contributed by atoms with Gasteiger partial charge in [0.15, 0.2) is 0 Å². The lowest BCUT2D eigenvalue weighted by molar-refractivity contribution is -0.141. The summed E-state index contributed by atoms with van der Waals surface area (Å²) in [6, 6.07) is 7.38. The Balaban J connectivity index is 1.30. The van der Waals surface area contributed by atoms with Gasteiger partial charge in [-0.15, -0.1) is 0 Å². The number of nitrogens with one attached hydrogen (secondary N) is 1. The molecule has 9 nitrogen and oxygen atoms in total. The molecule has 1 aliphatic carbocycles. The third-order valence-electron chi connectivity index (χ3n) is 8.90. The van der Waals surface area contributed by atoms with E-state index in [1.165, 1.54) is 19.2 Å². The van der Waals surface area contributed by atoms with Crippen LogP contribution in [0.4, 0.5) is 23.2 Å². The maximum absolute atomic E-state index is 15.7. The van der Waals surface area contributed by atoms with Gasteiger partial charge in [-0.05, 0) is 81.0 Å². The molecule has 3 aliphatic rings. The molecule has 1 aromatic carbocycles. The second-order valence-electron chi connectivity index (χ2n) is 12.3. The maximum atomic E-state index is 15.7. The summed E-state index contributed by atoms with van der Waals surface area (Å²) in [5.74, 6) is -1.11. The van der Waals surface area contributed by atoms with Gasteiger partial charge in [-0.3, -0.25) is 19.6 Å². The monoisotopic (exact) mass is 638 g/mol. The van der Waals surface area contributed by atoms with Crippen LogP contribution in [-0.2, 0) is 33.5 Å². The third kappa shape index (κ3) is 5.95. The predicted octanol–water partition coefficient (Wildman–Crippen LogP) is 4.89. The summed E-state index contributed by atoms with van der Waals surface area (Å²) in [6.07, 6.45) is -2.48. The molecule has 4 heterocycles. The van der Waals surface area contributed by atoms with Crippen molar-refractivity contribution in [3.05, 3.63) is 75.6 Å². The number of benzene rings is 1. The Labute approximate surface area is 263 Å². The molecule has 2 aliphatic heterocycles. The molecule has 2 aromatic heterocycles. The second-order valence-corrected chi connectivity index (χ2v) is 12.3. The molecule has 1 saturated carbocycles. The summed E-state index contributed by atoms with van der Waals surface area (Å²) >= 11 is 0. The van der Waals surface area contributed by atoms with Crippen LogP contribution in [-0.4, -0.2) is 53.4 Å². The van der Waals surface area contributed by atoms with Crippen LogP contribution in [0.2, 0.25) is 0 Å². The maximum Gasteiger partial charge on any atom is 0.433 e. The van der Waals surface area contributed by atoms with Gasteiger partial charge in [0.1, 0.15) is 22.9 Å². The Kier molecular flexibility index (Phi) is 8.07. The summed E-state index contributed by atoms with van der Waals surface area (Å²) < 4.78 is 61.2. The molecule has 2 amide bonds. The van der Waals surface area contributed by atoms with Gasteiger partial charge < -0.3 is 20.7 Å². The first-order valence-electron chi connectivity index (χ1n) is 15.1. The van der Waals surface area contributed by atoms with Gasteiger partial charge in [0, 0.05) is 54.2 Å². The molecular weight excluding hydrogens is 604 g/mol. The molecule has 242 valence electrons. The van der Waals surface area contributed by atoms with Gasteiger partial charge in [-0.25, -0.2) is 9.37 Å². The largest absolute Gasteiger partial charge is 0.433 e. The number of primary amides is 1. The Bertz CT molecular complexity index is 1740. The minimum Gasteiger partial charge on any atom is -0.380 e. The van der Waals surface area contributed by atoms with Crippen LogP contribution in [0.5, 0.6) is 0 Å². The van der Waals surface area contributed by atoms with E-state index in [-0.39, 0.29) is 30.7 Å². The molecule has 1 saturated heterocycles. The fourth-order valence-electron chi connectivity index (χ4n) is 6.55. The number of amidine groups is 1. The number of nitrogens with zero attached hydrogens (tertiary/aromatic N) is 4. The Morgan fingerprint density at radius 3 is 2.46 bits per heavy atom. The van der Waals surface area contributed by atoms with Crippen LogP contribution in [0.25, 0.3) is 11.1 Å². The summed E-state index contributed by atoms with van der Waals surface area (Å²) in [7, 11) is 1.49. The fraction of sp³-hybridized carbons (Fsp3) is 0.424. The molecule has 0 radical (unpaired) electrons. The Hall–Kier alpha value is -4.39. The number of anilines is 1. The standard InChI is InChI=1S/C33H34F4N6O3/c1-17-12-21(15-27(38)44)39-18(2)28(17)20-13-24(34)23(16-46-3)25(14-20)43-10-8-32(9-11-43)31(45)41-30(42-32)22-6-7-26(33(35,36)37)40-29(22)19-4-5-19/h6-7,12-14,19H,4-5,8-11,15-16H2,1-3H3,(H2,38,44)(H,41,42,45). The molecule has 0 bridgehead atoms. The van der Waals surface area contributed by atoms with Crippen molar-refractivity contribution < 1.29 is 31.9 Å². The summed E-state index contributed by atoms with van der Waals surface area (Å²) in [5.41, 5.74) is 8.36. The van der Waals surface area contributed by atoms with Gasteiger partial charge >= 0.3 is 6.18 Å². The van der Waals surface area contributed by atoms with E-state index < -0.39 is 29.1 Å². The second kappa shape index (κ2) is 11.8. The number of hydrogen-bond acceptors (Lipinski definition) is 7. The molecule has 3 aromatic rings. The average molecular weight is 639 g/mol. The van der Waals surface area contributed by atoms with Crippen molar-refractivity contribution in [2.24, 2.45) is 10.7 Å². The van der Waals surface area contributed by atoms with Crippen molar-refractivity contribution >= 4 is 23.3 Å². The molecule has 1 spiro atoms. The van der Waals surface area contributed by atoms with E-state index >= 15 is 4.39 Å². The number of aryl methyl sites for hydroxylation is 2. The number of rotatable bonds is 8. The van der Waals surface area contributed by atoms with Crippen LogP contribution in [0.3, 0.4) is 0 Å². The number of methoxy groups -OCH3 is 1. The highest BCUT2D eigenvalue weighted by Crippen LogP contribution is 2.43. The number of halogens is 4. The van der Waals surface area contributed by atoms with Crippen LogP contribution < -0.4 is 16.0 Å². The van der Waals surface area contributed by atoms with Gasteiger partial charge in [-0.2, -0.15) is 13.2 Å². The SMILES string of the molecule is COCc1c(F)cc(-c2c(C)cc(CC(N)=O)nc2C)cc1N1CCC2(CC1)N=C(c1ccc(C(F)(F)F)nc1C1CC1)NC2=O. The number of alkyl halides is 3. The van der Waals surface area contributed by atoms with E-state index in [1.807, 2.05) is 17.9 Å². The molecule has 3 N–H and O–H groups in total. The zero-order valence-electron chi connectivity index (χ0n) is 25.7. The number of pyridine rings is 2. The van der Waals surface area contributed by atoms with Gasteiger partial charge in [0.25, 0.3) is 5.91 Å². The van der Waals surface area contributed by atoms with Crippen molar-refractivity contribution in [2.45, 2.75) is 70.2 Å². The number of amides is 2. The number of aliphatic imine (C=N–C) groups is 1. The summed E-state index contributed by atoms with van der Waals surface area (Å²) in [4.78, 5) is 40.0. The van der Waals surface area contributed by atoms with Crippen LogP contribution >= 0.6 is 0 Å². The quantitative estimate of drug-likeness (QED) is 0.339. The van der Waals surface area contributed by atoms with Crippen molar-refractivity contribution in [1.29, 1.82) is 0 Å². The Morgan fingerprint density at radius 1 is 1.13 bits per heavy atom. The average Bonchev–Trinajstić information content (AvgIpc) is 3.78. The van der Waals surface area contributed by atoms with Crippen molar-refractivity contribution in [3.8, 4) is 11.1 Å². The zero-order valence-corrected chi connectivity index (χ0v) is 25.7. The van der Waals surface area contributed by atoms with Crippen LogP contribution in [0, 0.1) is 19.7 Å². The number of aromatic nitrogens is 2. The molecular formula is C33H34F4N6O3. The van der Waals surface area contributed by atoms with E-state index in [9.17, 15) is 22.8 Å². The van der Waals surface area contributed by atoms with Gasteiger partial charge in [0.05, 0.1) is 24.4 Å². The first-order valence-corrected chi connectivity index (χ1v) is 15.1. The number of hydrogen-bond donors (Lipinski definition) is 2. The first kappa shape index (κ1) is 31.6. The molecule has 2 fully saturated rings. The molecule has 46 heavy (non-hydrogen) atoms. The first-order chi connectivity index (χ1) is 21.8. The number of carbonyl (C=O) groups excluding carboxylic acids is 2. The van der Waals surface area contributed by atoms with Gasteiger partial charge in [-0.1, -0.05) is 0 Å². The molecule has 13 heteroatoms.